The highest BCUT2D eigenvalue weighted by Crippen LogP contribution is 2.20. The number of aromatic nitrogens is 2. The van der Waals surface area contributed by atoms with E-state index in [0.717, 1.165) is 22.3 Å². The van der Waals surface area contributed by atoms with Crippen LogP contribution in [-0.2, 0) is 0 Å². The zero-order valence-corrected chi connectivity index (χ0v) is 6.26. The number of nitrogens with two attached hydrogens (primary N) is 1. The molecule has 0 saturated carbocycles. The maximum atomic E-state index is 5.80. The first-order chi connectivity index (χ1) is 5.29. The van der Waals surface area contributed by atoms with Crippen LogP contribution in [0.4, 0.5) is 5.69 Å². The number of aromatic amines is 1. The summed E-state index contributed by atoms with van der Waals surface area (Å²) >= 11 is 0. The van der Waals surface area contributed by atoms with E-state index in [1.54, 1.807) is 6.20 Å². The summed E-state index contributed by atoms with van der Waals surface area (Å²) in [5, 5.41) is 1.00. The fourth-order valence-corrected chi connectivity index (χ4v) is 1.13. The standard InChI is InChI=1S/C8H9N3/c1-5-4-11-8-6(7(5)9)2-3-10-8/h2-4H,1H3,(H3,9,10,11). The van der Waals surface area contributed by atoms with Crippen LogP contribution >= 0.6 is 0 Å². The van der Waals surface area contributed by atoms with Gasteiger partial charge < -0.3 is 10.7 Å². The highest BCUT2D eigenvalue weighted by atomic mass is 14.8. The molecule has 11 heavy (non-hydrogen) atoms. The fourth-order valence-electron chi connectivity index (χ4n) is 1.13. The number of aryl methyl sites for hydroxylation is 1. The predicted molar refractivity (Wildman–Crippen MR) is 45.2 cm³/mol. The summed E-state index contributed by atoms with van der Waals surface area (Å²) in [6.07, 6.45) is 3.61. The van der Waals surface area contributed by atoms with Gasteiger partial charge in [0.1, 0.15) is 5.65 Å². The van der Waals surface area contributed by atoms with Gasteiger partial charge in [-0.15, -0.1) is 0 Å². The molecule has 0 fully saturated rings. The van der Waals surface area contributed by atoms with E-state index >= 15 is 0 Å². The first-order valence-corrected chi connectivity index (χ1v) is 3.47. The Kier molecular flexibility index (Phi) is 1.12. The van der Waals surface area contributed by atoms with Crippen molar-refractivity contribution in [2.24, 2.45) is 0 Å². The van der Waals surface area contributed by atoms with Crippen LogP contribution in [0.2, 0.25) is 0 Å². The number of nitrogen functional groups attached to an aromatic ring is 1. The summed E-state index contributed by atoms with van der Waals surface area (Å²) < 4.78 is 0. The Labute approximate surface area is 64.2 Å². The topological polar surface area (TPSA) is 54.7 Å². The molecule has 56 valence electrons. The normalized spacial score (nSPS) is 10.6. The Morgan fingerprint density at radius 2 is 2.36 bits per heavy atom. The number of pyridine rings is 1. The Bertz CT molecular complexity index is 389. The third-order valence-electron chi connectivity index (χ3n) is 1.83. The molecule has 2 aromatic rings. The summed E-state index contributed by atoms with van der Waals surface area (Å²) in [4.78, 5) is 7.16. The largest absolute Gasteiger partial charge is 0.398 e. The minimum atomic E-state index is 0.816. The van der Waals surface area contributed by atoms with Gasteiger partial charge in [-0.25, -0.2) is 4.98 Å². The zero-order valence-electron chi connectivity index (χ0n) is 6.26. The van der Waals surface area contributed by atoms with Crippen LogP contribution in [0.15, 0.2) is 18.5 Å². The van der Waals surface area contributed by atoms with E-state index in [-0.39, 0.29) is 0 Å². The molecule has 0 aliphatic rings. The van der Waals surface area contributed by atoms with Crippen LogP contribution in [0.1, 0.15) is 5.56 Å². The SMILES string of the molecule is Cc1cnc2[nH]ccc2c1N. The van der Waals surface area contributed by atoms with Crippen molar-refractivity contribution in [1.82, 2.24) is 9.97 Å². The van der Waals surface area contributed by atoms with Gasteiger partial charge in [0.2, 0.25) is 0 Å². The van der Waals surface area contributed by atoms with E-state index in [4.69, 9.17) is 5.73 Å². The number of rotatable bonds is 0. The average Bonchev–Trinajstić information content (AvgIpc) is 2.45. The molecule has 2 aromatic heterocycles. The van der Waals surface area contributed by atoms with E-state index in [2.05, 4.69) is 9.97 Å². The maximum absolute atomic E-state index is 5.80. The molecule has 0 bridgehead atoms. The van der Waals surface area contributed by atoms with Crippen molar-refractivity contribution in [3.8, 4) is 0 Å². The van der Waals surface area contributed by atoms with Gasteiger partial charge in [0.15, 0.2) is 0 Å². The molecular formula is C8H9N3. The van der Waals surface area contributed by atoms with E-state index < -0.39 is 0 Å². The van der Waals surface area contributed by atoms with Crippen LogP contribution in [0, 0.1) is 6.92 Å². The third-order valence-corrected chi connectivity index (χ3v) is 1.83. The fraction of sp³-hybridized carbons (Fsp3) is 0.125. The number of anilines is 1. The Morgan fingerprint density at radius 1 is 1.55 bits per heavy atom. The van der Waals surface area contributed by atoms with Gasteiger partial charge in [-0.1, -0.05) is 0 Å². The second-order valence-corrected chi connectivity index (χ2v) is 2.59. The number of nitrogens with one attached hydrogen (secondary N) is 1. The Balaban J connectivity index is 2.93. The molecule has 3 N–H and O–H groups in total. The number of nitrogens with zero attached hydrogens (tertiary/aromatic N) is 1. The van der Waals surface area contributed by atoms with Gasteiger partial charge in [0.25, 0.3) is 0 Å². The van der Waals surface area contributed by atoms with Crippen LogP contribution in [0.25, 0.3) is 11.0 Å². The number of fused-ring (bicyclic) bond motifs is 1. The summed E-state index contributed by atoms with van der Waals surface area (Å²) in [5.74, 6) is 0. The number of H-pyrrole nitrogens is 1. The molecule has 0 amide bonds. The molecule has 0 aliphatic heterocycles. The smallest absolute Gasteiger partial charge is 0.139 e. The predicted octanol–water partition coefficient (Wildman–Crippen LogP) is 1.45. The molecule has 2 heterocycles. The highest BCUT2D eigenvalue weighted by molar-refractivity contribution is 5.89. The Morgan fingerprint density at radius 3 is 3.18 bits per heavy atom. The summed E-state index contributed by atoms with van der Waals surface area (Å²) in [6.45, 7) is 1.95. The van der Waals surface area contributed by atoms with Crippen molar-refractivity contribution in [2.75, 3.05) is 5.73 Å². The van der Waals surface area contributed by atoms with E-state index in [1.165, 1.54) is 0 Å². The molecule has 0 unspecified atom stereocenters. The van der Waals surface area contributed by atoms with Crippen LogP contribution in [0.5, 0.6) is 0 Å². The highest BCUT2D eigenvalue weighted by Gasteiger charge is 2.01. The maximum Gasteiger partial charge on any atom is 0.139 e. The molecule has 0 aliphatic carbocycles. The summed E-state index contributed by atoms with van der Waals surface area (Å²) in [6, 6.07) is 1.94. The van der Waals surface area contributed by atoms with E-state index in [1.807, 2.05) is 19.2 Å². The second kappa shape index (κ2) is 1.99. The quantitative estimate of drug-likeness (QED) is 0.592. The molecule has 0 spiro atoms. The van der Waals surface area contributed by atoms with E-state index in [9.17, 15) is 0 Å². The lowest BCUT2D eigenvalue weighted by molar-refractivity contribution is 1.29. The van der Waals surface area contributed by atoms with Crippen LogP contribution in [0.3, 0.4) is 0 Å². The monoisotopic (exact) mass is 147 g/mol. The van der Waals surface area contributed by atoms with Gasteiger partial charge in [0, 0.05) is 23.5 Å². The lowest BCUT2D eigenvalue weighted by atomic mass is 10.2. The second-order valence-electron chi connectivity index (χ2n) is 2.59. The molecule has 3 heteroatoms. The van der Waals surface area contributed by atoms with Crippen molar-refractivity contribution in [1.29, 1.82) is 0 Å². The van der Waals surface area contributed by atoms with Gasteiger partial charge in [-0.2, -0.15) is 0 Å². The molecule has 2 rings (SSSR count). The van der Waals surface area contributed by atoms with Crippen molar-refractivity contribution in [2.45, 2.75) is 6.92 Å². The van der Waals surface area contributed by atoms with Gasteiger partial charge in [0.05, 0.1) is 0 Å². The number of hydrogen-bond acceptors (Lipinski definition) is 2. The van der Waals surface area contributed by atoms with Crippen LogP contribution < -0.4 is 5.73 Å². The van der Waals surface area contributed by atoms with Crippen LogP contribution in [-0.4, -0.2) is 9.97 Å². The Hall–Kier alpha value is -1.51. The van der Waals surface area contributed by atoms with Crippen molar-refractivity contribution in [3.05, 3.63) is 24.0 Å². The summed E-state index contributed by atoms with van der Waals surface area (Å²) in [7, 11) is 0. The molecule has 0 saturated heterocycles. The molecular weight excluding hydrogens is 138 g/mol. The molecule has 0 aromatic carbocycles. The first-order valence-electron chi connectivity index (χ1n) is 3.47. The van der Waals surface area contributed by atoms with Gasteiger partial charge in [-0.3, -0.25) is 0 Å². The van der Waals surface area contributed by atoms with Gasteiger partial charge in [-0.05, 0) is 18.6 Å². The minimum absolute atomic E-state index is 0.816. The van der Waals surface area contributed by atoms with Crippen molar-refractivity contribution >= 4 is 16.7 Å². The van der Waals surface area contributed by atoms with Gasteiger partial charge >= 0.3 is 0 Å². The third kappa shape index (κ3) is 0.774. The molecule has 0 atom stereocenters. The lowest BCUT2D eigenvalue weighted by Crippen LogP contribution is -1.91. The van der Waals surface area contributed by atoms with Crippen molar-refractivity contribution in [3.63, 3.8) is 0 Å². The zero-order chi connectivity index (χ0) is 7.84. The number of hydrogen-bond donors (Lipinski definition) is 2. The minimum Gasteiger partial charge on any atom is -0.398 e. The average molecular weight is 147 g/mol. The van der Waals surface area contributed by atoms with Crippen molar-refractivity contribution < 1.29 is 0 Å². The first kappa shape index (κ1) is 6.22. The molecule has 0 radical (unpaired) electrons. The molecule has 3 nitrogen and oxygen atoms in total. The lowest BCUT2D eigenvalue weighted by Gasteiger charge is -1.98. The summed E-state index contributed by atoms with van der Waals surface area (Å²) in [5.41, 5.74) is 8.50. The van der Waals surface area contributed by atoms with E-state index in [0.29, 0.717) is 0 Å².